The van der Waals surface area contributed by atoms with Gasteiger partial charge in [-0.15, -0.1) is 0 Å². The first-order chi connectivity index (χ1) is 27.3. The predicted octanol–water partition coefficient (Wildman–Crippen LogP) is 14.1. The molecule has 0 saturated heterocycles. The van der Waals surface area contributed by atoms with Gasteiger partial charge in [0.1, 0.15) is 6.29 Å². The molecule has 0 amide bonds. The predicted molar refractivity (Wildman–Crippen MR) is 243 cm³/mol. The van der Waals surface area contributed by atoms with Crippen LogP contribution in [0.15, 0.2) is 0 Å². The molecule has 0 rings (SSSR count). The second kappa shape index (κ2) is 42.6. The number of hydrogen-bond donors (Lipinski definition) is 1. The SMILES string of the molecule is CCCCCCCCCCCC(OCC)O[Si](C)(C)OCCCCCCN(CCCCO)CCCCCCOC(=O)C(CCCCCC)CCCCCCCC. The van der Waals surface area contributed by atoms with Crippen LogP contribution in [-0.2, 0) is 23.1 Å². The van der Waals surface area contributed by atoms with Crippen LogP contribution >= 0.6 is 0 Å². The second-order valence-electron chi connectivity index (χ2n) is 17.2. The first-order valence-electron chi connectivity index (χ1n) is 24.8. The standard InChI is InChI=1S/C48H99NO6Si/c1-7-11-14-17-19-20-21-23-30-39-47(52-10-4)55-56(5,6)54-45-36-27-25-32-41-49(42-33-34-43-50)40-31-24-26-35-44-53-48(51)46(37-28-16-13-9-3)38-29-22-18-15-12-8-2/h46-47,50H,7-45H2,1-6H3. The van der Waals surface area contributed by atoms with Crippen molar-refractivity contribution in [1.29, 1.82) is 0 Å². The maximum absolute atomic E-state index is 13.0. The quantitative estimate of drug-likeness (QED) is 0.0284. The highest BCUT2D eigenvalue weighted by molar-refractivity contribution is 6.64. The molecule has 7 nitrogen and oxygen atoms in total. The van der Waals surface area contributed by atoms with Crippen LogP contribution in [0, 0.1) is 5.92 Å². The molecule has 2 unspecified atom stereocenters. The van der Waals surface area contributed by atoms with Crippen LogP contribution in [0.4, 0.5) is 0 Å². The zero-order valence-electron chi connectivity index (χ0n) is 38.7. The summed E-state index contributed by atoms with van der Waals surface area (Å²) in [6.45, 7) is 18.8. The summed E-state index contributed by atoms with van der Waals surface area (Å²) >= 11 is 0. The van der Waals surface area contributed by atoms with Crippen LogP contribution in [-0.4, -0.2) is 76.9 Å². The van der Waals surface area contributed by atoms with E-state index in [1.54, 1.807) is 0 Å². The van der Waals surface area contributed by atoms with Gasteiger partial charge in [-0.2, -0.15) is 0 Å². The van der Waals surface area contributed by atoms with Crippen molar-refractivity contribution < 1.29 is 28.2 Å². The summed E-state index contributed by atoms with van der Waals surface area (Å²) in [7, 11) is -2.24. The molecular formula is C48H99NO6Si. The molecule has 8 heteroatoms. The van der Waals surface area contributed by atoms with E-state index in [0.29, 0.717) is 13.2 Å². The Labute approximate surface area is 351 Å². The minimum absolute atomic E-state index is 0.0607. The van der Waals surface area contributed by atoms with Gasteiger partial charge in [0.05, 0.1) is 12.5 Å². The van der Waals surface area contributed by atoms with Crippen LogP contribution in [0.5, 0.6) is 0 Å². The maximum Gasteiger partial charge on any atom is 0.333 e. The third-order valence-corrected chi connectivity index (χ3v) is 13.0. The highest BCUT2D eigenvalue weighted by Crippen LogP contribution is 2.22. The number of aliphatic hydroxyl groups excluding tert-OH is 1. The summed E-state index contributed by atoms with van der Waals surface area (Å²) in [6, 6.07) is 0. The van der Waals surface area contributed by atoms with Crippen molar-refractivity contribution in [3.8, 4) is 0 Å². The van der Waals surface area contributed by atoms with E-state index < -0.39 is 8.56 Å². The lowest BCUT2D eigenvalue weighted by atomic mass is 9.94. The monoisotopic (exact) mass is 814 g/mol. The number of carbonyl (C=O) groups is 1. The Kier molecular flexibility index (Phi) is 42.2. The number of carbonyl (C=O) groups excluding carboxylic acids is 1. The first-order valence-corrected chi connectivity index (χ1v) is 27.6. The largest absolute Gasteiger partial charge is 0.465 e. The molecule has 336 valence electrons. The fraction of sp³-hybridized carbons (Fsp3) is 0.979. The van der Waals surface area contributed by atoms with Gasteiger partial charge in [-0.25, -0.2) is 0 Å². The van der Waals surface area contributed by atoms with E-state index >= 15 is 0 Å². The molecule has 56 heavy (non-hydrogen) atoms. The molecule has 0 aliphatic heterocycles. The highest BCUT2D eigenvalue weighted by Gasteiger charge is 2.29. The molecule has 0 radical (unpaired) electrons. The molecule has 0 fully saturated rings. The molecule has 0 bridgehead atoms. The molecule has 0 spiro atoms. The highest BCUT2D eigenvalue weighted by atomic mass is 28.4. The van der Waals surface area contributed by atoms with Crippen molar-refractivity contribution in [2.24, 2.45) is 5.92 Å². The van der Waals surface area contributed by atoms with Gasteiger partial charge in [-0.1, -0.05) is 162 Å². The van der Waals surface area contributed by atoms with E-state index in [-0.39, 0.29) is 24.8 Å². The summed E-state index contributed by atoms with van der Waals surface area (Å²) in [6.07, 6.45) is 38.3. The molecular weight excluding hydrogens is 715 g/mol. The fourth-order valence-electron chi connectivity index (χ4n) is 7.68. The second-order valence-corrected chi connectivity index (χ2v) is 20.6. The van der Waals surface area contributed by atoms with E-state index in [1.165, 1.54) is 135 Å². The zero-order chi connectivity index (χ0) is 41.2. The molecule has 0 aromatic rings. The number of rotatable bonds is 46. The van der Waals surface area contributed by atoms with Crippen LogP contribution in [0.25, 0.3) is 0 Å². The van der Waals surface area contributed by atoms with E-state index in [4.69, 9.17) is 18.3 Å². The summed E-state index contributed by atoms with van der Waals surface area (Å²) in [5.41, 5.74) is 0. The Morgan fingerprint density at radius 3 is 1.43 bits per heavy atom. The number of hydrogen-bond acceptors (Lipinski definition) is 7. The van der Waals surface area contributed by atoms with Gasteiger partial charge in [0, 0.05) is 19.8 Å². The topological polar surface area (TPSA) is 77.5 Å². The van der Waals surface area contributed by atoms with Gasteiger partial charge >= 0.3 is 14.5 Å². The van der Waals surface area contributed by atoms with Gasteiger partial charge in [-0.05, 0) is 104 Å². The minimum atomic E-state index is -2.24. The Morgan fingerprint density at radius 1 is 0.518 bits per heavy atom. The van der Waals surface area contributed by atoms with Crippen LogP contribution in [0.3, 0.4) is 0 Å². The van der Waals surface area contributed by atoms with Crippen LogP contribution in [0.1, 0.15) is 233 Å². The average Bonchev–Trinajstić information content (AvgIpc) is 3.18. The van der Waals surface area contributed by atoms with E-state index in [1.807, 2.05) is 0 Å². The molecule has 1 N–H and O–H groups in total. The van der Waals surface area contributed by atoms with Crippen molar-refractivity contribution in [3.63, 3.8) is 0 Å². The lowest BCUT2D eigenvalue weighted by Crippen LogP contribution is -2.40. The van der Waals surface area contributed by atoms with E-state index in [9.17, 15) is 9.90 Å². The molecule has 0 aromatic heterocycles. The minimum Gasteiger partial charge on any atom is -0.465 e. The molecule has 0 heterocycles. The molecule has 0 saturated carbocycles. The lowest BCUT2D eigenvalue weighted by Gasteiger charge is -2.29. The number of ether oxygens (including phenoxy) is 2. The zero-order valence-corrected chi connectivity index (χ0v) is 39.7. The van der Waals surface area contributed by atoms with Crippen molar-refractivity contribution in [2.75, 3.05) is 46.1 Å². The van der Waals surface area contributed by atoms with Gasteiger partial charge in [0.15, 0.2) is 0 Å². The summed E-state index contributed by atoms with van der Waals surface area (Å²) in [5, 5.41) is 9.34. The normalized spacial score (nSPS) is 13.1. The Bertz CT molecular complexity index is 802. The molecule has 0 aliphatic rings. The van der Waals surface area contributed by atoms with Gasteiger partial charge in [0.25, 0.3) is 0 Å². The lowest BCUT2D eigenvalue weighted by molar-refractivity contribution is -0.149. The van der Waals surface area contributed by atoms with E-state index in [2.05, 4.69) is 45.7 Å². The molecule has 0 aliphatic carbocycles. The van der Waals surface area contributed by atoms with E-state index in [0.717, 1.165) is 96.9 Å². The van der Waals surface area contributed by atoms with Crippen molar-refractivity contribution in [3.05, 3.63) is 0 Å². The summed E-state index contributed by atoms with van der Waals surface area (Å²) in [5.74, 6) is 0.156. The maximum atomic E-state index is 13.0. The number of aliphatic hydroxyl groups is 1. The third-order valence-electron chi connectivity index (χ3n) is 11.3. The Balaban J connectivity index is 4.29. The summed E-state index contributed by atoms with van der Waals surface area (Å²) in [4.78, 5) is 15.6. The smallest absolute Gasteiger partial charge is 0.333 e. The third kappa shape index (κ3) is 37.7. The van der Waals surface area contributed by atoms with Crippen LogP contribution < -0.4 is 0 Å². The van der Waals surface area contributed by atoms with Crippen molar-refractivity contribution >= 4 is 14.5 Å². The summed E-state index contributed by atoms with van der Waals surface area (Å²) < 4.78 is 24.6. The van der Waals surface area contributed by atoms with Gasteiger partial charge < -0.3 is 28.3 Å². The first kappa shape index (κ1) is 55.5. The van der Waals surface area contributed by atoms with Crippen molar-refractivity contribution in [2.45, 2.75) is 253 Å². The van der Waals surface area contributed by atoms with Crippen molar-refractivity contribution in [1.82, 2.24) is 4.90 Å². The average molecular weight is 814 g/mol. The van der Waals surface area contributed by atoms with Gasteiger partial charge in [-0.3, -0.25) is 4.79 Å². The molecule has 2 atom stereocenters. The Morgan fingerprint density at radius 2 is 0.929 bits per heavy atom. The van der Waals surface area contributed by atoms with Gasteiger partial charge in [0.2, 0.25) is 0 Å². The number of unbranched alkanes of at least 4 members (excludes halogenated alkanes) is 23. The fourth-order valence-corrected chi connectivity index (χ4v) is 9.20. The Hall–Kier alpha value is -0.513. The molecule has 0 aromatic carbocycles. The van der Waals surface area contributed by atoms with Crippen LogP contribution in [0.2, 0.25) is 13.1 Å². The number of esters is 1. The number of nitrogens with zero attached hydrogens (tertiary/aromatic N) is 1.